The minimum absolute atomic E-state index is 0.173. The van der Waals surface area contributed by atoms with E-state index in [2.05, 4.69) is 4.72 Å². The van der Waals surface area contributed by atoms with Gasteiger partial charge in [0.15, 0.2) is 0 Å². The maximum atomic E-state index is 13.4. The summed E-state index contributed by atoms with van der Waals surface area (Å²) >= 11 is 0. The third-order valence-electron chi connectivity index (χ3n) is 2.02. The molecule has 0 saturated carbocycles. The average Bonchev–Trinajstić information content (AvgIpc) is 2.28. The number of anilines is 1. The smallest absolute Gasteiger partial charge is 0.337 e. The van der Waals surface area contributed by atoms with Gasteiger partial charge in [0.05, 0.1) is 11.3 Å². The number of hydrogen-bond acceptors (Lipinski definition) is 3. The normalized spacial score (nSPS) is 11.2. The number of rotatable bonds is 6. The van der Waals surface area contributed by atoms with Gasteiger partial charge in [-0.2, -0.15) is 13.1 Å². The van der Waals surface area contributed by atoms with Crippen molar-refractivity contribution in [3.05, 3.63) is 29.6 Å². The Morgan fingerprint density at radius 2 is 2.11 bits per heavy atom. The van der Waals surface area contributed by atoms with E-state index in [1.165, 1.54) is 6.07 Å². The summed E-state index contributed by atoms with van der Waals surface area (Å²) in [7, 11) is -3.98. The van der Waals surface area contributed by atoms with Crippen molar-refractivity contribution in [2.45, 2.75) is 13.3 Å². The predicted molar refractivity (Wildman–Crippen MR) is 64.2 cm³/mol. The standard InChI is InChI=1S/C10H13FN2O4S/c1-2-6-12-18(16,17)13-9-7(10(14)15)4-3-5-8(9)11/h3-5,12-13H,2,6H2,1H3,(H,14,15). The number of aromatic carboxylic acids is 1. The molecular formula is C10H13FN2O4S. The lowest BCUT2D eigenvalue weighted by molar-refractivity contribution is 0.0697. The average molecular weight is 276 g/mol. The topological polar surface area (TPSA) is 95.5 Å². The zero-order chi connectivity index (χ0) is 13.8. The molecule has 3 N–H and O–H groups in total. The molecule has 0 bridgehead atoms. The van der Waals surface area contributed by atoms with Gasteiger partial charge >= 0.3 is 5.97 Å². The second kappa shape index (κ2) is 5.78. The van der Waals surface area contributed by atoms with E-state index in [0.717, 1.165) is 12.1 Å². The van der Waals surface area contributed by atoms with Crippen LogP contribution in [0.15, 0.2) is 18.2 Å². The van der Waals surface area contributed by atoms with Gasteiger partial charge in [0.2, 0.25) is 0 Å². The van der Waals surface area contributed by atoms with Crippen LogP contribution in [0.25, 0.3) is 0 Å². The van der Waals surface area contributed by atoms with Crippen LogP contribution in [0.2, 0.25) is 0 Å². The van der Waals surface area contributed by atoms with Crippen molar-refractivity contribution < 1.29 is 22.7 Å². The van der Waals surface area contributed by atoms with E-state index in [1.807, 2.05) is 4.72 Å². The Kier molecular flexibility index (Phi) is 4.62. The molecule has 100 valence electrons. The number of carboxylic acids is 1. The van der Waals surface area contributed by atoms with Crippen molar-refractivity contribution in [1.29, 1.82) is 0 Å². The molecule has 1 aromatic rings. The monoisotopic (exact) mass is 276 g/mol. The van der Waals surface area contributed by atoms with Gasteiger partial charge in [-0.1, -0.05) is 13.0 Å². The molecule has 18 heavy (non-hydrogen) atoms. The van der Waals surface area contributed by atoms with E-state index >= 15 is 0 Å². The summed E-state index contributed by atoms with van der Waals surface area (Å²) in [5, 5.41) is 8.84. The van der Waals surface area contributed by atoms with Crippen LogP contribution in [0.5, 0.6) is 0 Å². The summed E-state index contributed by atoms with van der Waals surface area (Å²) in [6.07, 6.45) is 0.559. The van der Waals surface area contributed by atoms with Crippen molar-refractivity contribution in [2.24, 2.45) is 0 Å². The summed E-state index contributed by atoms with van der Waals surface area (Å²) in [5.74, 6) is -2.36. The highest BCUT2D eigenvalue weighted by atomic mass is 32.2. The number of halogens is 1. The van der Waals surface area contributed by atoms with Gasteiger partial charge in [-0.15, -0.1) is 0 Å². The molecule has 0 saturated heterocycles. The van der Waals surface area contributed by atoms with Crippen LogP contribution in [0.1, 0.15) is 23.7 Å². The van der Waals surface area contributed by atoms with Crippen LogP contribution in [-0.2, 0) is 10.2 Å². The summed E-state index contributed by atoms with van der Waals surface area (Å²) in [6.45, 7) is 1.93. The number of benzene rings is 1. The van der Waals surface area contributed by atoms with Crippen molar-refractivity contribution in [3.8, 4) is 0 Å². The Morgan fingerprint density at radius 3 is 2.67 bits per heavy atom. The van der Waals surface area contributed by atoms with Gasteiger partial charge in [-0.25, -0.2) is 9.18 Å². The molecule has 0 aliphatic carbocycles. The highest BCUT2D eigenvalue weighted by Crippen LogP contribution is 2.20. The molecule has 0 heterocycles. The molecule has 0 unspecified atom stereocenters. The van der Waals surface area contributed by atoms with Crippen molar-refractivity contribution in [3.63, 3.8) is 0 Å². The minimum Gasteiger partial charge on any atom is -0.478 e. The first-order valence-corrected chi connectivity index (χ1v) is 6.65. The zero-order valence-electron chi connectivity index (χ0n) is 9.60. The molecule has 6 nitrogen and oxygen atoms in total. The van der Waals surface area contributed by atoms with Crippen LogP contribution in [0, 0.1) is 5.82 Å². The van der Waals surface area contributed by atoms with Crippen LogP contribution in [-0.4, -0.2) is 26.0 Å². The van der Waals surface area contributed by atoms with E-state index in [1.54, 1.807) is 6.92 Å². The first-order valence-electron chi connectivity index (χ1n) is 5.16. The molecule has 1 aromatic carbocycles. The van der Waals surface area contributed by atoms with E-state index in [-0.39, 0.29) is 6.54 Å². The summed E-state index contributed by atoms with van der Waals surface area (Å²) < 4.78 is 40.5. The van der Waals surface area contributed by atoms with Gasteiger partial charge in [0, 0.05) is 6.54 Å². The van der Waals surface area contributed by atoms with Crippen LogP contribution >= 0.6 is 0 Å². The predicted octanol–water partition coefficient (Wildman–Crippen LogP) is 1.18. The molecule has 0 aromatic heterocycles. The molecule has 0 aliphatic rings. The van der Waals surface area contributed by atoms with Gasteiger partial charge in [0.25, 0.3) is 10.2 Å². The lowest BCUT2D eigenvalue weighted by Gasteiger charge is -2.11. The summed E-state index contributed by atoms with van der Waals surface area (Å²) in [6, 6.07) is 3.28. The van der Waals surface area contributed by atoms with Crippen molar-refractivity contribution in [1.82, 2.24) is 4.72 Å². The molecule has 1 rings (SSSR count). The number of carboxylic acid groups (broad SMARTS) is 1. The SMILES string of the molecule is CCCNS(=O)(=O)Nc1c(F)cccc1C(=O)O. The first-order chi connectivity index (χ1) is 8.37. The number of hydrogen-bond donors (Lipinski definition) is 3. The highest BCUT2D eigenvalue weighted by Gasteiger charge is 2.19. The third kappa shape index (κ3) is 3.67. The second-order valence-corrected chi connectivity index (χ2v) is 4.97. The Bertz CT molecular complexity index is 545. The van der Waals surface area contributed by atoms with Gasteiger partial charge in [-0.3, -0.25) is 4.72 Å². The Morgan fingerprint density at radius 1 is 1.44 bits per heavy atom. The number of para-hydroxylation sites is 1. The van der Waals surface area contributed by atoms with Crippen LogP contribution in [0.4, 0.5) is 10.1 Å². The second-order valence-electron chi connectivity index (χ2n) is 3.47. The van der Waals surface area contributed by atoms with Crippen molar-refractivity contribution in [2.75, 3.05) is 11.3 Å². The minimum atomic E-state index is -3.98. The molecule has 0 spiro atoms. The Balaban J connectivity index is 3.07. The van der Waals surface area contributed by atoms with Crippen molar-refractivity contribution >= 4 is 21.9 Å². The molecule has 0 amide bonds. The Hall–Kier alpha value is -1.67. The first kappa shape index (κ1) is 14.4. The number of nitrogens with one attached hydrogen (secondary N) is 2. The molecule has 0 radical (unpaired) electrons. The van der Waals surface area contributed by atoms with Gasteiger partial charge in [0.1, 0.15) is 5.82 Å². The quantitative estimate of drug-likeness (QED) is 0.727. The van der Waals surface area contributed by atoms with Gasteiger partial charge < -0.3 is 5.11 Å². The molecule has 0 aliphatic heterocycles. The maximum Gasteiger partial charge on any atom is 0.337 e. The number of carbonyl (C=O) groups is 1. The van der Waals surface area contributed by atoms with E-state index in [0.29, 0.717) is 6.42 Å². The maximum absolute atomic E-state index is 13.4. The van der Waals surface area contributed by atoms with E-state index in [9.17, 15) is 17.6 Å². The molecule has 0 fully saturated rings. The van der Waals surface area contributed by atoms with E-state index < -0.39 is 33.2 Å². The lowest BCUT2D eigenvalue weighted by Crippen LogP contribution is -2.31. The van der Waals surface area contributed by atoms with Gasteiger partial charge in [-0.05, 0) is 18.6 Å². The molecule has 0 atom stereocenters. The zero-order valence-corrected chi connectivity index (χ0v) is 10.4. The largest absolute Gasteiger partial charge is 0.478 e. The summed E-state index contributed by atoms with van der Waals surface area (Å²) in [5.41, 5.74) is -1.02. The lowest BCUT2D eigenvalue weighted by atomic mass is 10.2. The fraction of sp³-hybridized carbons (Fsp3) is 0.300. The highest BCUT2D eigenvalue weighted by molar-refractivity contribution is 7.90. The fourth-order valence-corrected chi connectivity index (χ4v) is 2.23. The van der Waals surface area contributed by atoms with Crippen LogP contribution < -0.4 is 9.44 Å². The summed E-state index contributed by atoms with van der Waals surface area (Å²) in [4.78, 5) is 10.9. The molecular weight excluding hydrogens is 263 g/mol. The van der Waals surface area contributed by atoms with Crippen LogP contribution in [0.3, 0.4) is 0 Å². The molecule has 8 heteroatoms. The fourth-order valence-electron chi connectivity index (χ4n) is 1.21. The van der Waals surface area contributed by atoms with E-state index in [4.69, 9.17) is 5.11 Å². The Labute approximate surface area is 104 Å². The third-order valence-corrected chi connectivity index (χ3v) is 3.08.